The quantitative estimate of drug-likeness (QED) is 0.222. The zero-order valence-electron chi connectivity index (χ0n) is 21.7. The van der Waals surface area contributed by atoms with Gasteiger partial charge in [-0.2, -0.15) is 0 Å². The summed E-state index contributed by atoms with van der Waals surface area (Å²) in [6.45, 7) is 8.29. The second-order valence-corrected chi connectivity index (χ2v) is 8.71. The van der Waals surface area contributed by atoms with Crippen LogP contribution in [0.5, 0.6) is 11.5 Å². The largest absolute Gasteiger partial charge is 0.490 e. The molecule has 0 saturated carbocycles. The molecule has 0 aliphatic carbocycles. The van der Waals surface area contributed by atoms with Crippen LogP contribution in [-0.4, -0.2) is 61.2 Å². The van der Waals surface area contributed by atoms with Crippen molar-refractivity contribution in [3.8, 4) is 11.5 Å². The monoisotopic (exact) mass is 534 g/mol. The lowest BCUT2D eigenvalue weighted by atomic mass is 10.2. The number of anilines is 1. The van der Waals surface area contributed by atoms with Gasteiger partial charge in [0.05, 0.1) is 0 Å². The number of nitrogens with zero attached hydrogens (tertiary/aromatic N) is 1. The first-order valence-corrected chi connectivity index (χ1v) is 13.0. The van der Waals surface area contributed by atoms with Gasteiger partial charge < -0.3 is 25.0 Å². The summed E-state index contributed by atoms with van der Waals surface area (Å²) >= 11 is 5.27. The van der Waals surface area contributed by atoms with E-state index in [9.17, 15) is 9.59 Å². The molecule has 0 spiro atoms. The number of carbonyl (C=O) groups excluding carboxylic acids is 2. The van der Waals surface area contributed by atoms with Crippen molar-refractivity contribution >= 4 is 34.8 Å². The van der Waals surface area contributed by atoms with Crippen LogP contribution in [0, 0.1) is 0 Å². The van der Waals surface area contributed by atoms with Crippen LogP contribution in [0.2, 0.25) is 0 Å². The van der Waals surface area contributed by atoms with E-state index in [1.807, 2.05) is 30.3 Å². The molecule has 3 aromatic carbocycles. The number of hydrogen-bond donors (Lipinski definition) is 3. The van der Waals surface area contributed by atoms with Crippen LogP contribution in [0.4, 0.5) is 5.69 Å². The molecule has 3 rings (SSSR count). The highest BCUT2D eigenvalue weighted by Crippen LogP contribution is 2.14. The highest BCUT2D eigenvalue weighted by atomic mass is 32.1. The second kappa shape index (κ2) is 15.3. The molecule has 0 bridgehead atoms. The smallest absolute Gasteiger partial charge is 0.257 e. The third-order valence-corrected chi connectivity index (χ3v) is 5.92. The summed E-state index contributed by atoms with van der Waals surface area (Å²) in [6.07, 6.45) is 0. The summed E-state index contributed by atoms with van der Waals surface area (Å²) in [5, 5.41) is 8.71. The van der Waals surface area contributed by atoms with Crippen molar-refractivity contribution in [2.24, 2.45) is 0 Å². The molecule has 0 atom stereocenters. The van der Waals surface area contributed by atoms with Gasteiger partial charge in [0.1, 0.15) is 24.7 Å². The average Bonchev–Trinajstić information content (AvgIpc) is 2.94. The topological polar surface area (TPSA) is 91.9 Å². The van der Waals surface area contributed by atoms with Crippen LogP contribution in [0.3, 0.4) is 0 Å². The Morgan fingerprint density at radius 3 is 1.92 bits per heavy atom. The summed E-state index contributed by atoms with van der Waals surface area (Å²) < 4.78 is 11.3. The Labute approximate surface area is 229 Å². The number of carbonyl (C=O) groups is 2. The third-order valence-electron chi connectivity index (χ3n) is 5.72. The van der Waals surface area contributed by atoms with E-state index < -0.39 is 0 Å². The van der Waals surface area contributed by atoms with Crippen LogP contribution in [-0.2, 0) is 0 Å². The molecular weight excluding hydrogens is 500 g/mol. The SMILES string of the molecule is CCN(CC)CCNC(=O)c1ccc(NC(=S)NC(=O)c2ccc(OCCOc3ccccc3)cc2)cc1. The maximum Gasteiger partial charge on any atom is 0.257 e. The molecule has 0 fully saturated rings. The van der Waals surface area contributed by atoms with Gasteiger partial charge in [-0.1, -0.05) is 32.0 Å². The Bertz CT molecular complexity index is 1170. The maximum atomic E-state index is 12.6. The molecule has 0 aromatic heterocycles. The van der Waals surface area contributed by atoms with Gasteiger partial charge in [-0.3, -0.25) is 14.9 Å². The van der Waals surface area contributed by atoms with Gasteiger partial charge in [-0.05, 0) is 86.0 Å². The highest BCUT2D eigenvalue weighted by molar-refractivity contribution is 7.80. The fourth-order valence-corrected chi connectivity index (χ4v) is 3.76. The molecule has 0 aliphatic heterocycles. The van der Waals surface area contributed by atoms with Gasteiger partial charge in [-0.15, -0.1) is 0 Å². The fourth-order valence-electron chi connectivity index (χ4n) is 3.55. The van der Waals surface area contributed by atoms with Crippen molar-refractivity contribution in [3.63, 3.8) is 0 Å². The Balaban J connectivity index is 1.39. The minimum Gasteiger partial charge on any atom is -0.490 e. The van der Waals surface area contributed by atoms with E-state index in [0.29, 0.717) is 42.3 Å². The van der Waals surface area contributed by atoms with Crippen LogP contribution in [0.1, 0.15) is 34.6 Å². The van der Waals surface area contributed by atoms with E-state index in [1.165, 1.54) is 0 Å². The lowest BCUT2D eigenvalue weighted by molar-refractivity contribution is 0.0947. The second-order valence-electron chi connectivity index (χ2n) is 8.30. The molecule has 0 radical (unpaired) electrons. The van der Waals surface area contributed by atoms with Crippen LogP contribution < -0.4 is 25.4 Å². The number of amides is 2. The van der Waals surface area contributed by atoms with E-state index in [2.05, 4.69) is 34.7 Å². The molecule has 200 valence electrons. The van der Waals surface area contributed by atoms with Crippen molar-refractivity contribution in [1.82, 2.24) is 15.5 Å². The van der Waals surface area contributed by atoms with Gasteiger partial charge in [0, 0.05) is 29.9 Å². The number of thiocarbonyl (C=S) groups is 1. The van der Waals surface area contributed by atoms with Crippen molar-refractivity contribution in [3.05, 3.63) is 90.0 Å². The van der Waals surface area contributed by atoms with Crippen molar-refractivity contribution in [2.45, 2.75) is 13.8 Å². The molecule has 38 heavy (non-hydrogen) atoms. The lowest BCUT2D eigenvalue weighted by Gasteiger charge is -2.18. The first-order valence-electron chi connectivity index (χ1n) is 12.6. The van der Waals surface area contributed by atoms with E-state index in [-0.39, 0.29) is 16.9 Å². The highest BCUT2D eigenvalue weighted by Gasteiger charge is 2.10. The molecule has 8 nitrogen and oxygen atoms in total. The zero-order chi connectivity index (χ0) is 27.2. The van der Waals surface area contributed by atoms with Gasteiger partial charge in [0.2, 0.25) is 0 Å². The standard InChI is InChI=1S/C29H34N4O4S/c1-3-33(4-2)19-18-30-27(34)22-10-14-24(15-11-22)31-29(38)32-28(35)23-12-16-26(17-13-23)37-21-20-36-25-8-6-5-7-9-25/h5-17H,3-4,18-21H2,1-2H3,(H,30,34)(H2,31,32,35,38). The van der Waals surface area contributed by atoms with E-state index in [1.54, 1.807) is 48.5 Å². The number of para-hydroxylation sites is 1. The van der Waals surface area contributed by atoms with E-state index in [4.69, 9.17) is 21.7 Å². The third kappa shape index (κ3) is 9.49. The first kappa shape index (κ1) is 28.6. The van der Waals surface area contributed by atoms with Crippen molar-refractivity contribution in [2.75, 3.05) is 44.7 Å². The Hall–Kier alpha value is -3.95. The summed E-state index contributed by atoms with van der Waals surface area (Å²) in [5.74, 6) is 0.952. The fraction of sp³-hybridized carbons (Fsp3) is 0.276. The molecule has 3 aromatic rings. The van der Waals surface area contributed by atoms with Crippen LogP contribution in [0.15, 0.2) is 78.9 Å². The maximum absolute atomic E-state index is 12.6. The van der Waals surface area contributed by atoms with Crippen LogP contribution >= 0.6 is 12.2 Å². The molecule has 3 N–H and O–H groups in total. The van der Waals surface area contributed by atoms with Crippen LogP contribution in [0.25, 0.3) is 0 Å². The van der Waals surface area contributed by atoms with Gasteiger partial charge in [0.15, 0.2) is 5.11 Å². The number of nitrogens with one attached hydrogen (secondary N) is 3. The molecule has 0 saturated heterocycles. The predicted molar refractivity (Wildman–Crippen MR) is 154 cm³/mol. The Kier molecular flexibility index (Phi) is 11.5. The summed E-state index contributed by atoms with van der Waals surface area (Å²) in [5.41, 5.74) is 1.66. The Morgan fingerprint density at radius 1 is 0.763 bits per heavy atom. The molecule has 0 unspecified atom stereocenters. The van der Waals surface area contributed by atoms with E-state index in [0.717, 1.165) is 25.4 Å². The number of ether oxygens (including phenoxy) is 2. The predicted octanol–water partition coefficient (Wildman–Crippen LogP) is 4.34. The number of hydrogen-bond acceptors (Lipinski definition) is 6. The summed E-state index contributed by atoms with van der Waals surface area (Å²) in [6, 6.07) is 23.2. The van der Waals surface area contributed by atoms with Crippen molar-refractivity contribution in [1.29, 1.82) is 0 Å². The van der Waals surface area contributed by atoms with Gasteiger partial charge in [-0.25, -0.2) is 0 Å². The normalized spacial score (nSPS) is 10.5. The minimum absolute atomic E-state index is 0.129. The number of rotatable bonds is 13. The minimum atomic E-state index is -0.342. The molecule has 9 heteroatoms. The van der Waals surface area contributed by atoms with E-state index >= 15 is 0 Å². The summed E-state index contributed by atoms with van der Waals surface area (Å²) in [4.78, 5) is 27.1. The molecule has 0 heterocycles. The lowest BCUT2D eigenvalue weighted by Crippen LogP contribution is -2.35. The number of likely N-dealkylation sites (N-methyl/N-ethyl adjacent to an activating group) is 1. The van der Waals surface area contributed by atoms with Gasteiger partial charge in [0.25, 0.3) is 11.8 Å². The molecule has 2 amide bonds. The molecular formula is C29H34N4O4S. The zero-order valence-corrected chi connectivity index (χ0v) is 22.6. The average molecular weight is 535 g/mol. The van der Waals surface area contributed by atoms with Crippen molar-refractivity contribution < 1.29 is 19.1 Å². The Morgan fingerprint density at radius 2 is 1.32 bits per heavy atom. The number of benzene rings is 3. The summed E-state index contributed by atoms with van der Waals surface area (Å²) in [7, 11) is 0. The molecule has 0 aliphatic rings. The first-order chi connectivity index (χ1) is 18.5. The van der Waals surface area contributed by atoms with Gasteiger partial charge >= 0.3 is 0 Å².